The van der Waals surface area contributed by atoms with Crippen LogP contribution in [-0.4, -0.2) is 12.8 Å². The molecule has 0 unspecified atom stereocenters. The van der Waals surface area contributed by atoms with E-state index in [9.17, 15) is 0 Å². The third-order valence-corrected chi connectivity index (χ3v) is 1.18. The molecule has 1 heterocycles. The molecular formula is C6H6BN3. The Labute approximate surface area is 59.9 Å². The van der Waals surface area contributed by atoms with Gasteiger partial charge in [-0.05, 0) is 6.07 Å². The highest BCUT2D eigenvalue weighted by Crippen LogP contribution is 2.01. The van der Waals surface area contributed by atoms with E-state index in [1.807, 2.05) is 13.9 Å². The Morgan fingerprint density at radius 3 is 2.90 bits per heavy atom. The molecule has 0 spiro atoms. The summed E-state index contributed by atoms with van der Waals surface area (Å²) in [6, 6.07) is 3.66. The number of rotatable bonds is 0. The fourth-order valence-electron chi connectivity index (χ4n) is 0.669. The summed E-state index contributed by atoms with van der Waals surface area (Å²) in [5.74, 6) is 0.299. The summed E-state index contributed by atoms with van der Waals surface area (Å²) in [5.41, 5.74) is 6.76. The van der Waals surface area contributed by atoms with Crippen LogP contribution in [0.15, 0.2) is 12.3 Å². The molecule has 4 heteroatoms. The van der Waals surface area contributed by atoms with Gasteiger partial charge >= 0.3 is 0 Å². The van der Waals surface area contributed by atoms with Crippen molar-refractivity contribution < 1.29 is 0 Å². The fraction of sp³-hybridized carbons (Fsp3) is 0. The summed E-state index contributed by atoms with van der Waals surface area (Å²) in [4.78, 5) is 3.80. The number of aromatic nitrogens is 1. The van der Waals surface area contributed by atoms with Gasteiger partial charge in [-0.15, -0.1) is 0 Å². The van der Waals surface area contributed by atoms with Gasteiger partial charge in [-0.25, -0.2) is 4.98 Å². The van der Waals surface area contributed by atoms with Gasteiger partial charge in [0.25, 0.3) is 0 Å². The van der Waals surface area contributed by atoms with Crippen LogP contribution in [0.2, 0.25) is 0 Å². The minimum Gasteiger partial charge on any atom is -0.383 e. The summed E-state index contributed by atoms with van der Waals surface area (Å²) < 4.78 is 0. The van der Waals surface area contributed by atoms with Gasteiger partial charge in [0.05, 0.1) is 5.56 Å². The van der Waals surface area contributed by atoms with Gasteiger partial charge in [-0.2, -0.15) is 5.26 Å². The molecule has 3 nitrogen and oxygen atoms in total. The van der Waals surface area contributed by atoms with E-state index < -0.39 is 0 Å². The van der Waals surface area contributed by atoms with Crippen molar-refractivity contribution in [1.29, 1.82) is 5.26 Å². The van der Waals surface area contributed by atoms with Crippen LogP contribution < -0.4 is 11.2 Å². The molecule has 1 aromatic rings. The van der Waals surface area contributed by atoms with Crippen LogP contribution in [0.5, 0.6) is 0 Å². The van der Waals surface area contributed by atoms with Gasteiger partial charge in [0, 0.05) is 6.20 Å². The van der Waals surface area contributed by atoms with Gasteiger partial charge in [0.15, 0.2) is 0 Å². The highest BCUT2D eigenvalue weighted by molar-refractivity contribution is 6.32. The van der Waals surface area contributed by atoms with Gasteiger partial charge in [0.1, 0.15) is 19.7 Å². The van der Waals surface area contributed by atoms with Gasteiger partial charge in [-0.3, -0.25) is 0 Å². The molecule has 10 heavy (non-hydrogen) atoms. The quantitative estimate of drug-likeness (QED) is 0.449. The van der Waals surface area contributed by atoms with Crippen LogP contribution in [0.1, 0.15) is 5.56 Å². The Hall–Kier alpha value is -1.50. The molecule has 0 atom stereocenters. The summed E-state index contributed by atoms with van der Waals surface area (Å²) in [7, 11) is 1.87. The predicted octanol–water partition coefficient (Wildman–Crippen LogP) is -1.21. The molecule has 0 radical (unpaired) electrons. The van der Waals surface area contributed by atoms with Crippen molar-refractivity contribution in [3.05, 3.63) is 17.8 Å². The lowest BCUT2D eigenvalue weighted by molar-refractivity contribution is 1.33. The van der Waals surface area contributed by atoms with Crippen molar-refractivity contribution in [1.82, 2.24) is 4.98 Å². The second kappa shape index (κ2) is 2.40. The summed E-state index contributed by atoms with van der Waals surface area (Å²) >= 11 is 0. The van der Waals surface area contributed by atoms with E-state index in [4.69, 9.17) is 11.0 Å². The molecule has 0 aliphatic carbocycles. The summed E-state index contributed by atoms with van der Waals surface area (Å²) in [6.45, 7) is 0. The minimum absolute atomic E-state index is 0.299. The van der Waals surface area contributed by atoms with Crippen LogP contribution in [0.3, 0.4) is 0 Å². The normalized spacial score (nSPS) is 8.70. The lowest BCUT2D eigenvalue weighted by Crippen LogP contribution is -2.06. The number of pyridine rings is 1. The molecule has 1 aromatic heterocycles. The highest BCUT2D eigenvalue weighted by Gasteiger charge is 1.96. The zero-order chi connectivity index (χ0) is 7.56. The second-order valence-electron chi connectivity index (χ2n) is 2.06. The third-order valence-electron chi connectivity index (χ3n) is 1.18. The van der Waals surface area contributed by atoms with Gasteiger partial charge in [-0.1, -0.05) is 5.46 Å². The SMILES string of the molecule is Bc1cnc(N)c(C#N)c1. The van der Waals surface area contributed by atoms with Crippen LogP contribution in [-0.2, 0) is 0 Å². The fourth-order valence-corrected chi connectivity index (χ4v) is 0.669. The molecule has 0 amide bonds. The topological polar surface area (TPSA) is 62.7 Å². The van der Waals surface area contributed by atoms with E-state index in [1.165, 1.54) is 0 Å². The van der Waals surface area contributed by atoms with E-state index in [0.29, 0.717) is 11.4 Å². The Bertz CT molecular complexity index is 290. The van der Waals surface area contributed by atoms with Crippen molar-refractivity contribution >= 4 is 19.1 Å². The maximum atomic E-state index is 8.47. The third kappa shape index (κ3) is 1.08. The zero-order valence-corrected chi connectivity index (χ0v) is 5.63. The Kier molecular flexibility index (Phi) is 1.59. The largest absolute Gasteiger partial charge is 0.383 e. The first-order valence-corrected chi connectivity index (χ1v) is 2.86. The first-order valence-electron chi connectivity index (χ1n) is 2.86. The number of hydrogen-bond acceptors (Lipinski definition) is 3. The molecule has 0 saturated heterocycles. The lowest BCUT2D eigenvalue weighted by atomic mass is 9.97. The number of anilines is 1. The maximum Gasteiger partial charge on any atom is 0.141 e. The standard InChI is InChI=1S/C6H6BN3/c7-5-1-4(2-8)6(9)10-3-5/h1,3H,7H2,(H2,9,10). The van der Waals surface area contributed by atoms with Crippen molar-refractivity contribution in [3.63, 3.8) is 0 Å². The maximum absolute atomic E-state index is 8.47. The monoisotopic (exact) mass is 131 g/mol. The number of nitrogens with zero attached hydrogens (tertiary/aromatic N) is 2. The van der Waals surface area contributed by atoms with E-state index in [2.05, 4.69) is 4.98 Å². The van der Waals surface area contributed by atoms with Gasteiger partial charge in [0.2, 0.25) is 0 Å². The zero-order valence-electron chi connectivity index (χ0n) is 5.63. The molecule has 1 rings (SSSR count). The highest BCUT2D eigenvalue weighted by atomic mass is 14.8. The average Bonchev–Trinajstić information content (AvgIpc) is 1.94. The number of hydrogen-bond donors (Lipinski definition) is 1. The molecular weight excluding hydrogens is 125 g/mol. The summed E-state index contributed by atoms with van der Waals surface area (Å²) in [6.07, 6.45) is 1.64. The minimum atomic E-state index is 0.299. The predicted molar refractivity (Wildman–Crippen MR) is 41.5 cm³/mol. The molecule has 0 aromatic carbocycles. The van der Waals surface area contributed by atoms with E-state index in [0.717, 1.165) is 5.46 Å². The van der Waals surface area contributed by atoms with Crippen molar-refractivity contribution in [2.24, 2.45) is 0 Å². The number of nitrogen functional groups attached to an aromatic ring is 1. The van der Waals surface area contributed by atoms with Crippen molar-refractivity contribution in [2.75, 3.05) is 5.73 Å². The van der Waals surface area contributed by atoms with Crippen LogP contribution in [0.25, 0.3) is 0 Å². The van der Waals surface area contributed by atoms with Gasteiger partial charge < -0.3 is 5.73 Å². The molecule has 0 saturated carbocycles. The van der Waals surface area contributed by atoms with Crippen molar-refractivity contribution in [3.8, 4) is 6.07 Å². The molecule has 0 aliphatic heterocycles. The van der Waals surface area contributed by atoms with E-state index >= 15 is 0 Å². The van der Waals surface area contributed by atoms with E-state index in [-0.39, 0.29) is 0 Å². The van der Waals surface area contributed by atoms with Crippen LogP contribution >= 0.6 is 0 Å². The number of nitrogens with two attached hydrogens (primary N) is 1. The number of nitriles is 1. The van der Waals surface area contributed by atoms with E-state index in [1.54, 1.807) is 12.3 Å². The molecule has 0 aliphatic rings. The molecule has 48 valence electrons. The molecule has 0 fully saturated rings. The average molecular weight is 131 g/mol. The summed E-state index contributed by atoms with van der Waals surface area (Å²) in [5, 5.41) is 8.47. The lowest BCUT2D eigenvalue weighted by Gasteiger charge is -1.95. The Balaban J connectivity index is 3.25. The first-order chi connectivity index (χ1) is 4.74. The second-order valence-corrected chi connectivity index (χ2v) is 2.06. The molecule has 2 N–H and O–H groups in total. The Morgan fingerprint density at radius 1 is 1.70 bits per heavy atom. The van der Waals surface area contributed by atoms with Crippen LogP contribution in [0, 0.1) is 11.3 Å². The Morgan fingerprint density at radius 2 is 2.40 bits per heavy atom. The van der Waals surface area contributed by atoms with Crippen LogP contribution in [0.4, 0.5) is 5.82 Å². The molecule has 0 bridgehead atoms. The van der Waals surface area contributed by atoms with Crippen molar-refractivity contribution in [2.45, 2.75) is 0 Å². The first kappa shape index (κ1) is 6.62. The smallest absolute Gasteiger partial charge is 0.141 e.